The highest BCUT2D eigenvalue weighted by Gasteiger charge is 2.23. The number of halogens is 1. The van der Waals surface area contributed by atoms with Gasteiger partial charge in [-0.2, -0.15) is 0 Å². The van der Waals surface area contributed by atoms with Gasteiger partial charge in [0.25, 0.3) is 0 Å². The van der Waals surface area contributed by atoms with Crippen molar-refractivity contribution in [2.45, 2.75) is 31.8 Å². The average molecular weight is 222 g/mol. The van der Waals surface area contributed by atoms with Crippen LogP contribution in [-0.2, 0) is 0 Å². The van der Waals surface area contributed by atoms with Gasteiger partial charge >= 0.3 is 6.03 Å². The van der Waals surface area contributed by atoms with Crippen molar-refractivity contribution in [3.63, 3.8) is 0 Å². The van der Waals surface area contributed by atoms with Gasteiger partial charge in [-0.25, -0.2) is 9.18 Å². The second-order valence-electron chi connectivity index (χ2n) is 4.17. The zero-order valence-electron chi connectivity index (χ0n) is 9.16. The monoisotopic (exact) mass is 222 g/mol. The smallest absolute Gasteiger partial charge is 0.315 e. The van der Waals surface area contributed by atoms with E-state index in [4.69, 9.17) is 0 Å². The molecule has 3 nitrogen and oxygen atoms in total. The van der Waals surface area contributed by atoms with E-state index in [1.807, 2.05) is 6.92 Å². The first-order valence-electron chi connectivity index (χ1n) is 5.47. The molecule has 2 rings (SSSR count). The molecule has 1 saturated carbocycles. The summed E-state index contributed by atoms with van der Waals surface area (Å²) in [4.78, 5) is 11.4. The molecule has 0 radical (unpaired) electrons. The molecule has 1 fully saturated rings. The Labute approximate surface area is 94.0 Å². The van der Waals surface area contributed by atoms with E-state index >= 15 is 0 Å². The Bertz CT molecular complexity index is 390. The van der Waals surface area contributed by atoms with Gasteiger partial charge in [-0.05, 0) is 37.5 Å². The molecule has 1 unspecified atom stereocenters. The van der Waals surface area contributed by atoms with Gasteiger partial charge in [-0.1, -0.05) is 12.1 Å². The van der Waals surface area contributed by atoms with E-state index in [2.05, 4.69) is 10.6 Å². The standard InChI is InChI=1S/C12H15FN2O/c1-8(9-3-2-4-10(13)7-9)14-12(16)15-11-5-6-11/h2-4,7-8,11H,5-6H2,1H3,(H2,14,15,16). The Kier molecular flexibility index (Phi) is 3.08. The maximum Gasteiger partial charge on any atom is 0.315 e. The van der Waals surface area contributed by atoms with Crippen LogP contribution in [0.2, 0.25) is 0 Å². The molecule has 0 spiro atoms. The minimum atomic E-state index is -0.284. The summed E-state index contributed by atoms with van der Waals surface area (Å²) in [6.07, 6.45) is 2.11. The Morgan fingerprint density at radius 3 is 2.88 bits per heavy atom. The quantitative estimate of drug-likeness (QED) is 0.809. The summed E-state index contributed by atoms with van der Waals surface area (Å²) >= 11 is 0. The lowest BCUT2D eigenvalue weighted by Gasteiger charge is -2.14. The van der Waals surface area contributed by atoms with Crippen LogP contribution in [-0.4, -0.2) is 12.1 Å². The minimum Gasteiger partial charge on any atom is -0.335 e. The topological polar surface area (TPSA) is 41.1 Å². The Morgan fingerprint density at radius 2 is 2.25 bits per heavy atom. The average Bonchev–Trinajstić information content (AvgIpc) is 3.01. The molecule has 0 aliphatic heterocycles. The van der Waals surface area contributed by atoms with Crippen molar-refractivity contribution >= 4 is 6.03 Å². The lowest BCUT2D eigenvalue weighted by Crippen LogP contribution is -2.38. The van der Waals surface area contributed by atoms with Crippen molar-refractivity contribution in [3.8, 4) is 0 Å². The number of carbonyl (C=O) groups excluding carboxylic acids is 1. The molecule has 86 valence electrons. The Morgan fingerprint density at radius 1 is 1.50 bits per heavy atom. The van der Waals surface area contributed by atoms with Gasteiger partial charge in [0, 0.05) is 6.04 Å². The molecule has 1 aliphatic carbocycles. The number of hydrogen-bond acceptors (Lipinski definition) is 1. The van der Waals surface area contributed by atoms with Crippen molar-refractivity contribution < 1.29 is 9.18 Å². The first-order chi connectivity index (χ1) is 7.65. The minimum absolute atomic E-state index is 0.181. The van der Waals surface area contributed by atoms with Gasteiger partial charge in [0.1, 0.15) is 5.82 Å². The number of nitrogens with one attached hydrogen (secondary N) is 2. The maximum absolute atomic E-state index is 13.0. The van der Waals surface area contributed by atoms with Gasteiger partial charge in [0.2, 0.25) is 0 Å². The van der Waals surface area contributed by atoms with Crippen molar-refractivity contribution in [1.82, 2.24) is 10.6 Å². The maximum atomic E-state index is 13.0. The molecule has 0 bridgehead atoms. The van der Waals surface area contributed by atoms with E-state index in [-0.39, 0.29) is 17.9 Å². The molecule has 1 aliphatic rings. The lowest BCUT2D eigenvalue weighted by atomic mass is 10.1. The van der Waals surface area contributed by atoms with E-state index in [1.165, 1.54) is 12.1 Å². The van der Waals surface area contributed by atoms with Crippen LogP contribution in [0.15, 0.2) is 24.3 Å². The fourth-order valence-electron chi connectivity index (χ4n) is 1.51. The Balaban J connectivity index is 1.91. The highest BCUT2D eigenvalue weighted by molar-refractivity contribution is 5.75. The van der Waals surface area contributed by atoms with Crippen molar-refractivity contribution in [3.05, 3.63) is 35.6 Å². The summed E-state index contributed by atoms with van der Waals surface area (Å²) in [6.45, 7) is 1.83. The summed E-state index contributed by atoms with van der Waals surface area (Å²) in [5.41, 5.74) is 0.769. The van der Waals surface area contributed by atoms with E-state index < -0.39 is 0 Å². The predicted octanol–water partition coefficient (Wildman–Crippen LogP) is 2.35. The molecule has 1 atom stereocenters. The third-order valence-electron chi connectivity index (χ3n) is 2.61. The number of hydrogen-bond donors (Lipinski definition) is 2. The molecule has 0 saturated heterocycles. The largest absolute Gasteiger partial charge is 0.335 e. The molecule has 2 amide bonds. The molecule has 0 aromatic heterocycles. The second kappa shape index (κ2) is 4.51. The summed E-state index contributed by atoms with van der Waals surface area (Å²) in [6, 6.07) is 6.23. The van der Waals surface area contributed by atoms with Crippen LogP contribution in [0, 0.1) is 5.82 Å². The van der Waals surface area contributed by atoms with Crippen molar-refractivity contribution in [1.29, 1.82) is 0 Å². The summed E-state index contributed by atoms with van der Waals surface area (Å²) in [5, 5.41) is 5.60. The zero-order chi connectivity index (χ0) is 11.5. The van der Waals surface area contributed by atoms with Gasteiger partial charge in [0.05, 0.1) is 6.04 Å². The normalized spacial score (nSPS) is 16.6. The third kappa shape index (κ3) is 2.95. The number of rotatable bonds is 3. The lowest BCUT2D eigenvalue weighted by molar-refractivity contribution is 0.237. The number of carbonyl (C=O) groups is 1. The molecule has 1 aromatic rings. The highest BCUT2D eigenvalue weighted by atomic mass is 19.1. The first-order valence-corrected chi connectivity index (χ1v) is 5.47. The Hall–Kier alpha value is -1.58. The van der Waals surface area contributed by atoms with Crippen LogP contribution in [0.3, 0.4) is 0 Å². The fourth-order valence-corrected chi connectivity index (χ4v) is 1.51. The first kappa shape index (κ1) is 10.9. The molecule has 2 N–H and O–H groups in total. The highest BCUT2D eigenvalue weighted by Crippen LogP contribution is 2.19. The molecule has 1 aromatic carbocycles. The van der Waals surface area contributed by atoms with Gasteiger partial charge in [0.15, 0.2) is 0 Å². The van der Waals surface area contributed by atoms with Crippen LogP contribution < -0.4 is 10.6 Å². The fraction of sp³-hybridized carbons (Fsp3) is 0.417. The van der Waals surface area contributed by atoms with Crippen molar-refractivity contribution in [2.24, 2.45) is 0 Å². The van der Waals surface area contributed by atoms with Crippen molar-refractivity contribution in [2.75, 3.05) is 0 Å². The van der Waals surface area contributed by atoms with Crippen LogP contribution in [0.25, 0.3) is 0 Å². The number of amides is 2. The van der Waals surface area contributed by atoms with Crippen LogP contribution in [0.5, 0.6) is 0 Å². The van der Waals surface area contributed by atoms with E-state index in [0.29, 0.717) is 6.04 Å². The number of benzene rings is 1. The summed E-state index contributed by atoms with van der Waals surface area (Å²) < 4.78 is 13.0. The molecule has 4 heteroatoms. The third-order valence-corrected chi connectivity index (χ3v) is 2.61. The van der Waals surface area contributed by atoms with E-state index in [9.17, 15) is 9.18 Å². The van der Waals surface area contributed by atoms with Crippen LogP contribution >= 0.6 is 0 Å². The number of urea groups is 1. The molecular formula is C12H15FN2O. The molecular weight excluding hydrogens is 207 g/mol. The van der Waals surface area contributed by atoms with E-state index in [1.54, 1.807) is 12.1 Å². The summed E-state index contributed by atoms with van der Waals surface area (Å²) in [5.74, 6) is -0.284. The zero-order valence-corrected chi connectivity index (χ0v) is 9.16. The van der Waals surface area contributed by atoms with E-state index in [0.717, 1.165) is 18.4 Å². The SMILES string of the molecule is CC(NC(=O)NC1CC1)c1cccc(F)c1. The predicted molar refractivity (Wildman–Crippen MR) is 59.5 cm³/mol. The molecule has 16 heavy (non-hydrogen) atoms. The van der Waals surface area contributed by atoms with Crippen LogP contribution in [0.4, 0.5) is 9.18 Å². The van der Waals surface area contributed by atoms with Gasteiger partial charge in [-0.3, -0.25) is 0 Å². The van der Waals surface area contributed by atoms with Crippen LogP contribution in [0.1, 0.15) is 31.4 Å². The summed E-state index contributed by atoms with van der Waals surface area (Å²) in [7, 11) is 0. The van der Waals surface area contributed by atoms with Gasteiger partial charge < -0.3 is 10.6 Å². The van der Waals surface area contributed by atoms with Gasteiger partial charge in [-0.15, -0.1) is 0 Å². The second-order valence-corrected chi connectivity index (χ2v) is 4.17. The molecule has 0 heterocycles.